The van der Waals surface area contributed by atoms with Crippen LogP contribution in [0.3, 0.4) is 0 Å². The minimum absolute atomic E-state index is 0.0284. The van der Waals surface area contributed by atoms with Gasteiger partial charge in [-0.2, -0.15) is 18.3 Å². The summed E-state index contributed by atoms with van der Waals surface area (Å²) in [6.07, 6.45) is 2.74. The number of imidazole rings is 1. The Morgan fingerprint density at radius 2 is 2.00 bits per heavy atom. The number of anilines is 1. The second-order valence-electron chi connectivity index (χ2n) is 7.17. The molecule has 2 heterocycles. The average molecular weight is 479 g/mol. The number of nitrogens with one attached hydrogen (secondary N) is 1. The third-order valence-electron chi connectivity index (χ3n) is 4.61. The van der Waals surface area contributed by atoms with Crippen LogP contribution in [0.25, 0.3) is 11.3 Å². The van der Waals surface area contributed by atoms with Crippen molar-refractivity contribution in [3.8, 4) is 23.6 Å². The first kappa shape index (κ1) is 23.9. The molecule has 0 bridgehead atoms. The van der Waals surface area contributed by atoms with Crippen LogP contribution in [0.5, 0.6) is 0 Å². The van der Waals surface area contributed by atoms with Crippen LogP contribution in [0.2, 0.25) is 5.02 Å². The molecule has 0 radical (unpaired) electrons. The average Bonchev–Trinajstić information content (AvgIpc) is 3.31. The van der Waals surface area contributed by atoms with Crippen LogP contribution in [0.15, 0.2) is 30.6 Å². The van der Waals surface area contributed by atoms with Crippen molar-refractivity contribution in [3.63, 3.8) is 0 Å². The number of alkyl halides is 3. The molecule has 1 N–H and O–H groups in total. The molecule has 0 atom stereocenters. The first-order chi connectivity index (χ1) is 15.4. The summed E-state index contributed by atoms with van der Waals surface area (Å²) in [6, 6.07) is 4.33. The lowest BCUT2D eigenvalue weighted by Crippen LogP contribution is -2.22. The number of carbonyl (C=O) groups is 2. The van der Waals surface area contributed by atoms with Gasteiger partial charge >= 0.3 is 6.18 Å². The van der Waals surface area contributed by atoms with E-state index in [2.05, 4.69) is 21.3 Å². The number of terminal acetylenes is 1. The van der Waals surface area contributed by atoms with Crippen molar-refractivity contribution in [3.05, 3.63) is 52.7 Å². The first-order valence-electron chi connectivity index (χ1n) is 9.36. The fraction of sp³-hybridized carbons (Fsp3) is 0.238. The van der Waals surface area contributed by atoms with Gasteiger partial charge in [0.05, 0.1) is 28.0 Å². The Kier molecular flexibility index (Phi) is 6.51. The Morgan fingerprint density at radius 3 is 2.58 bits per heavy atom. The van der Waals surface area contributed by atoms with E-state index in [1.54, 1.807) is 14.1 Å². The van der Waals surface area contributed by atoms with E-state index < -0.39 is 17.8 Å². The van der Waals surface area contributed by atoms with Gasteiger partial charge in [-0.15, -0.1) is 6.42 Å². The zero-order valence-electron chi connectivity index (χ0n) is 17.7. The standard InChI is InChI=1S/C21H18ClF3N6O2/c1-5-8-31-11-14(17(28-31)21(23,24)25)16-10-26-18(30(16)4)19(32)27-12-6-7-13(15(22)9-12)20(33)29(2)3/h1,6-7,9-11H,8H2,2-4H3,(H,27,32). The Hall–Kier alpha value is -3.78. The lowest BCUT2D eigenvalue weighted by molar-refractivity contribution is -0.141. The second kappa shape index (κ2) is 8.99. The molecule has 0 aliphatic carbocycles. The third-order valence-corrected chi connectivity index (χ3v) is 4.93. The molecule has 172 valence electrons. The Balaban J connectivity index is 1.91. The highest BCUT2D eigenvalue weighted by Gasteiger charge is 2.38. The van der Waals surface area contributed by atoms with Crippen LogP contribution < -0.4 is 5.32 Å². The van der Waals surface area contributed by atoms with Crippen molar-refractivity contribution in [1.29, 1.82) is 0 Å². The number of benzene rings is 1. The summed E-state index contributed by atoms with van der Waals surface area (Å²) in [5.74, 6) is 1.09. The predicted molar refractivity (Wildman–Crippen MR) is 116 cm³/mol. The van der Waals surface area contributed by atoms with Crippen molar-refractivity contribution in [1.82, 2.24) is 24.2 Å². The number of rotatable bonds is 5. The number of halogens is 4. The maximum absolute atomic E-state index is 13.5. The largest absolute Gasteiger partial charge is 0.435 e. The van der Waals surface area contributed by atoms with Gasteiger partial charge in [-0.05, 0) is 18.2 Å². The van der Waals surface area contributed by atoms with Gasteiger partial charge in [0, 0.05) is 33.0 Å². The maximum atomic E-state index is 13.5. The molecule has 1 aromatic carbocycles. The van der Waals surface area contributed by atoms with Gasteiger partial charge in [0.25, 0.3) is 11.8 Å². The molecule has 33 heavy (non-hydrogen) atoms. The van der Waals surface area contributed by atoms with Crippen LogP contribution in [-0.2, 0) is 19.8 Å². The summed E-state index contributed by atoms with van der Waals surface area (Å²) in [5, 5.41) is 6.21. The SMILES string of the molecule is C#CCn1cc(-c2cnc(C(=O)Nc3ccc(C(=O)N(C)C)c(Cl)c3)n2C)c(C(F)(F)F)n1. The van der Waals surface area contributed by atoms with E-state index >= 15 is 0 Å². The van der Waals surface area contributed by atoms with Gasteiger partial charge in [-0.1, -0.05) is 17.5 Å². The van der Waals surface area contributed by atoms with Gasteiger partial charge in [0.1, 0.15) is 6.54 Å². The minimum atomic E-state index is -4.73. The lowest BCUT2D eigenvalue weighted by Gasteiger charge is -2.13. The molecular weight excluding hydrogens is 461 g/mol. The third kappa shape index (κ3) is 4.85. The first-order valence-corrected chi connectivity index (χ1v) is 9.74. The van der Waals surface area contributed by atoms with Crippen LogP contribution >= 0.6 is 11.6 Å². The number of amides is 2. The molecule has 3 aromatic rings. The van der Waals surface area contributed by atoms with Gasteiger partial charge in [0.15, 0.2) is 11.5 Å². The predicted octanol–water partition coefficient (Wildman–Crippen LogP) is 3.54. The number of carbonyl (C=O) groups excluding carboxylic acids is 2. The monoisotopic (exact) mass is 478 g/mol. The molecule has 0 spiro atoms. The van der Waals surface area contributed by atoms with Gasteiger partial charge in [-0.3, -0.25) is 14.3 Å². The molecule has 0 saturated carbocycles. The summed E-state index contributed by atoms with van der Waals surface area (Å²) in [5.41, 5.74) is -0.840. The number of hydrogen-bond donors (Lipinski definition) is 1. The maximum Gasteiger partial charge on any atom is 0.435 e. The molecular formula is C21H18ClF3N6O2. The van der Waals surface area contributed by atoms with Crippen LogP contribution in [0.4, 0.5) is 18.9 Å². The quantitative estimate of drug-likeness (QED) is 0.568. The molecule has 0 saturated heterocycles. The molecule has 2 aromatic heterocycles. The summed E-state index contributed by atoms with van der Waals surface area (Å²) < 4.78 is 42.6. The normalized spacial score (nSPS) is 11.2. The number of aromatic nitrogens is 4. The minimum Gasteiger partial charge on any atom is -0.345 e. The Morgan fingerprint density at radius 1 is 1.30 bits per heavy atom. The molecule has 0 aliphatic rings. The molecule has 12 heteroatoms. The second-order valence-corrected chi connectivity index (χ2v) is 7.57. The molecule has 2 amide bonds. The van der Waals surface area contributed by atoms with Crippen molar-refractivity contribution >= 4 is 29.1 Å². The fourth-order valence-corrected chi connectivity index (χ4v) is 3.32. The van der Waals surface area contributed by atoms with E-state index in [9.17, 15) is 22.8 Å². The highest BCUT2D eigenvalue weighted by molar-refractivity contribution is 6.34. The molecule has 8 nitrogen and oxygen atoms in total. The number of nitrogens with zero attached hydrogens (tertiary/aromatic N) is 5. The van der Waals surface area contributed by atoms with E-state index in [1.165, 1.54) is 34.7 Å². The number of hydrogen-bond acceptors (Lipinski definition) is 4. The molecule has 0 fully saturated rings. The molecule has 0 unspecified atom stereocenters. The Bertz CT molecular complexity index is 1270. The highest BCUT2D eigenvalue weighted by Crippen LogP contribution is 2.36. The van der Waals surface area contributed by atoms with Crippen LogP contribution in [0.1, 0.15) is 26.7 Å². The van der Waals surface area contributed by atoms with E-state index in [0.29, 0.717) is 0 Å². The van der Waals surface area contributed by atoms with Gasteiger partial charge < -0.3 is 14.8 Å². The molecule has 3 rings (SSSR count). The van der Waals surface area contributed by atoms with Crippen molar-refractivity contribution < 1.29 is 22.8 Å². The van der Waals surface area contributed by atoms with Crippen LogP contribution in [-0.4, -0.2) is 50.1 Å². The summed E-state index contributed by atoms with van der Waals surface area (Å²) in [4.78, 5) is 30.1. The van der Waals surface area contributed by atoms with Crippen molar-refractivity contribution in [2.75, 3.05) is 19.4 Å². The van der Waals surface area contributed by atoms with Gasteiger partial charge in [0.2, 0.25) is 0 Å². The van der Waals surface area contributed by atoms with Gasteiger partial charge in [-0.25, -0.2) is 4.98 Å². The van der Waals surface area contributed by atoms with E-state index in [0.717, 1.165) is 17.1 Å². The fourth-order valence-electron chi connectivity index (χ4n) is 3.06. The van der Waals surface area contributed by atoms with Crippen LogP contribution in [0, 0.1) is 12.3 Å². The topological polar surface area (TPSA) is 85.0 Å². The smallest absolute Gasteiger partial charge is 0.345 e. The summed E-state index contributed by atoms with van der Waals surface area (Å²) in [7, 11) is 4.56. The van der Waals surface area contributed by atoms with E-state index in [1.807, 2.05) is 0 Å². The summed E-state index contributed by atoms with van der Waals surface area (Å²) in [6.45, 7) is -0.151. The summed E-state index contributed by atoms with van der Waals surface area (Å²) >= 11 is 6.15. The zero-order valence-corrected chi connectivity index (χ0v) is 18.5. The Labute approximate surface area is 192 Å². The van der Waals surface area contributed by atoms with E-state index in [4.69, 9.17) is 18.0 Å². The van der Waals surface area contributed by atoms with Crippen molar-refractivity contribution in [2.45, 2.75) is 12.7 Å². The molecule has 0 aliphatic heterocycles. The van der Waals surface area contributed by atoms with E-state index in [-0.39, 0.29) is 45.8 Å². The highest BCUT2D eigenvalue weighted by atomic mass is 35.5. The zero-order chi connectivity index (χ0) is 24.5. The van der Waals surface area contributed by atoms with Crippen molar-refractivity contribution in [2.24, 2.45) is 7.05 Å². The lowest BCUT2D eigenvalue weighted by atomic mass is 10.2.